The summed E-state index contributed by atoms with van der Waals surface area (Å²) in [5.74, 6) is 0.0140. The second-order valence-electron chi connectivity index (χ2n) is 8.04. The van der Waals surface area contributed by atoms with E-state index < -0.39 is 15.4 Å². The summed E-state index contributed by atoms with van der Waals surface area (Å²) in [6.07, 6.45) is 8.98. The number of fused-ring (bicyclic) bond motifs is 1. The summed E-state index contributed by atoms with van der Waals surface area (Å²) in [5.41, 5.74) is 0.547. The number of nitrogens with one attached hydrogen (secondary N) is 1. The largest absolute Gasteiger partial charge is 0.356 e. The maximum Gasteiger partial charge on any atom is 0.227 e. The lowest BCUT2D eigenvalue weighted by Gasteiger charge is -2.52. The molecule has 8 nitrogen and oxygen atoms in total. The Morgan fingerprint density at radius 3 is 2.78 bits per heavy atom. The topological polar surface area (TPSA) is 87.5 Å². The number of rotatable bonds is 6. The van der Waals surface area contributed by atoms with Gasteiger partial charge in [-0.3, -0.25) is 9.48 Å². The average molecular weight is 398 g/mol. The van der Waals surface area contributed by atoms with Crippen LogP contribution in [0.25, 0.3) is 0 Å². The minimum Gasteiger partial charge on any atom is -0.356 e. The number of nitrogens with zero attached hydrogens (tertiary/aromatic N) is 4. The van der Waals surface area contributed by atoms with Crippen LogP contribution in [0.5, 0.6) is 0 Å². The van der Waals surface area contributed by atoms with Crippen LogP contribution in [0.15, 0.2) is 12.4 Å². The van der Waals surface area contributed by atoms with Gasteiger partial charge in [-0.15, -0.1) is 0 Å². The van der Waals surface area contributed by atoms with Crippen molar-refractivity contribution in [2.75, 3.05) is 39.5 Å². The molecule has 0 spiro atoms. The van der Waals surface area contributed by atoms with Crippen LogP contribution in [0.1, 0.15) is 31.2 Å². The SMILES string of the molecule is CN1CC[C@]2(C(=O)NCCCc3cnn(C)c3)CCCN(S(C)(=O)=O)[C@H]2C1. The Morgan fingerprint density at radius 2 is 2.11 bits per heavy atom. The standard InChI is InChI=1S/C18H31N5O3S/c1-21-11-8-18(7-5-10-23(16(18)14-21)27(3,25)26)17(24)19-9-4-6-15-12-20-22(2)13-15/h12-13,16H,4-11,14H2,1-3H3,(H,19,24)/t16-,18+/m0/s1. The molecule has 0 saturated carbocycles. The number of piperidine rings is 2. The van der Waals surface area contributed by atoms with Gasteiger partial charge in [0.1, 0.15) is 0 Å². The highest BCUT2D eigenvalue weighted by Crippen LogP contribution is 2.43. The number of amides is 1. The second kappa shape index (κ2) is 7.89. The van der Waals surface area contributed by atoms with Gasteiger partial charge in [0.15, 0.2) is 0 Å². The first-order valence-electron chi connectivity index (χ1n) is 9.63. The van der Waals surface area contributed by atoms with E-state index in [1.807, 2.05) is 26.5 Å². The van der Waals surface area contributed by atoms with E-state index in [1.165, 1.54) is 6.26 Å². The summed E-state index contributed by atoms with van der Waals surface area (Å²) in [5, 5.41) is 7.26. The molecular formula is C18H31N5O3S. The number of aryl methyl sites for hydroxylation is 2. The van der Waals surface area contributed by atoms with Gasteiger partial charge >= 0.3 is 0 Å². The van der Waals surface area contributed by atoms with Gasteiger partial charge in [-0.2, -0.15) is 9.40 Å². The fourth-order valence-corrected chi connectivity index (χ4v) is 5.72. The summed E-state index contributed by atoms with van der Waals surface area (Å²) in [6, 6.07) is -0.279. The maximum absolute atomic E-state index is 13.2. The van der Waals surface area contributed by atoms with Crippen LogP contribution in [-0.2, 0) is 28.3 Å². The predicted octanol–water partition coefficient (Wildman–Crippen LogP) is 0.215. The van der Waals surface area contributed by atoms with Crippen molar-refractivity contribution in [1.82, 2.24) is 24.3 Å². The van der Waals surface area contributed by atoms with Gasteiger partial charge in [0.2, 0.25) is 15.9 Å². The Bertz CT molecular complexity index is 778. The van der Waals surface area contributed by atoms with Crippen LogP contribution in [0.4, 0.5) is 0 Å². The van der Waals surface area contributed by atoms with Crippen LogP contribution in [0, 0.1) is 5.41 Å². The molecule has 0 aromatic carbocycles. The molecule has 1 amide bonds. The fraction of sp³-hybridized carbons (Fsp3) is 0.778. The first-order valence-corrected chi connectivity index (χ1v) is 11.5. The lowest BCUT2D eigenvalue weighted by atomic mass is 9.68. The molecule has 0 aliphatic carbocycles. The minimum absolute atomic E-state index is 0.0140. The molecule has 1 N–H and O–H groups in total. The number of aromatic nitrogens is 2. The van der Waals surface area contributed by atoms with Crippen molar-refractivity contribution in [3.05, 3.63) is 18.0 Å². The molecule has 27 heavy (non-hydrogen) atoms. The van der Waals surface area contributed by atoms with Gasteiger partial charge in [-0.25, -0.2) is 8.42 Å². The van der Waals surface area contributed by atoms with E-state index in [-0.39, 0.29) is 11.9 Å². The molecule has 0 bridgehead atoms. The molecule has 0 unspecified atom stereocenters. The minimum atomic E-state index is -3.33. The van der Waals surface area contributed by atoms with E-state index in [2.05, 4.69) is 15.3 Å². The van der Waals surface area contributed by atoms with Crippen molar-refractivity contribution in [3.63, 3.8) is 0 Å². The molecule has 0 radical (unpaired) electrons. The zero-order valence-corrected chi connectivity index (χ0v) is 17.3. The highest BCUT2D eigenvalue weighted by atomic mass is 32.2. The molecular weight excluding hydrogens is 366 g/mol. The third kappa shape index (κ3) is 4.35. The Morgan fingerprint density at radius 1 is 1.33 bits per heavy atom. The van der Waals surface area contributed by atoms with E-state index in [9.17, 15) is 13.2 Å². The number of sulfonamides is 1. The van der Waals surface area contributed by atoms with E-state index in [0.717, 1.165) is 37.8 Å². The van der Waals surface area contributed by atoms with Gasteiger partial charge in [-0.05, 0) is 51.3 Å². The lowest BCUT2D eigenvalue weighted by Crippen LogP contribution is -2.66. The number of hydrogen-bond donors (Lipinski definition) is 1. The molecule has 2 aliphatic rings. The quantitative estimate of drug-likeness (QED) is 0.694. The summed E-state index contributed by atoms with van der Waals surface area (Å²) in [7, 11) is 0.548. The molecule has 2 atom stereocenters. The smallest absolute Gasteiger partial charge is 0.227 e. The second-order valence-corrected chi connectivity index (χ2v) is 9.98. The molecule has 2 aliphatic heterocycles. The zero-order chi connectivity index (χ0) is 19.7. The van der Waals surface area contributed by atoms with Gasteiger partial charge < -0.3 is 10.2 Å². The Hall–Kier alpha value is -1.45. The number of likely N-dealkylation sites (N-methyl/N-ethyl adjacent to an activating group) is 1. The number of carbonyl (C=O) groups is 1. The van der Waals surface area contributed by atoms with Gasteiger partial charge in [0, 0.05) is 32.9 Å². The van der Waals surface area contributed by atoms with Crippen molar-refractivity contribution >= 4 is 15.9 Å². The Kier molecular flexibility index (Phi) is 5.93. The zero-order valence-electron chi connectivity index (χ0n) is 16.5. The lowest BCUT2D eigenvalue weighted by molar-refractivity contribution is -0.141. The number of likely N-dealkylation sites (tertiary alicyclic amines) is 1. The summed E-state index contributed by atoms with van der Waals surface area (Å²) >= 11 is 0. The van der Waals surface area contributed by atoms with Crippen LogP contribution in [-0.4, -0.2) is 78.8 Å². The Balaban J connectivity index is 1.66. The highest BCUT2D eigenvalue weighted by molar-refractivity contribution is 7.88. The van der Waals surface area contributed by atoms with Gasteiger partial charge in [0.05, 0.1) is 23.9 Å². The normalized spacial score (nSPS) is 27.3. The molecule has 1 aromatic heterocycles. The van der Waals surface area contributed by atoms with Crippen molar-refractivity contribution in [2.24, 2.45) is 12.5 Å². The average Bonchev–Trinajstić information content (AvgIpc) is 3.02. The van der Waals surface area contributed by atoms with Crippen LogP contribution in [0.3, 0.4) is 0 Å². The van der Waals surface area contributed by atoms with Crippen molar-refractivity contribution in [1.29, 1.82) is 0 Å². The predicted molar refractivity (Wildman–Crippen MR) is 104 cm³/mol. The van der Waals surface area contributed by atoms with Crippen LogP contribution < -0.4 is 5.32 Å². The van der Waals surface area contributed by atoms with Crippen molar-refractivity contribution in [3.8, 4) is 0 Å². The monoisotopic (exact) mass is 397 g/mol. The van der Waals surface area contributed by atoms with E-state index in [0.29, 0.717) is 26.1 Å². The van der Waals surface area contributed by atoms with Crippen molar-refractivity contribution < 1.29 is 13.2 Å². The van der Waals surface area contributed by atoms with Crippen LogP contribution >= 0.6 is 0 Å². The molecule has 1 aromatic rings. The summed E-state index contributed by atoms with van der Waals surface area (Å²) in [6.45, 7) is 2.53. The summed E-state index contributed by atoms with van der Waals surface area (Å²) < 4.78 is 27.9. The fourth-order valence-electron chi connectivity index (χ4n) is 4.53. The third-order valence-electron chi connectivity index (χ3n) is 5.98. The first kappa shape index (κ1) is 20.3. The Labute approximate surface area is 161 Å². The molecule has 3 heterocycles. The maximum atomic E-state index is 13.2. The first-order chi connectivity index (χ1) is 12.7. The van der Waals surface area contributed by atoms with E-state index in [4.69, 9.17) is 0 Å². The number of hydrogen-bond acceptors (Lipinski definition) is 5. The molecule has 2 saturated heterocycles. The highest BCUT2D eigenvalue weighted by Gasteiger charge is 2.54. The molecule has 9 heteroatoms. The number of carbonyl (C=O) groups excluding carboxylic acids is 1. The molecule has 152 valence electrons. The van der Waals surface area contributed by atoms with Gasteiger partial charge in [-0.1, -0.05) is 0 Å². The molecule has 3 rings (SSSR count). The van der Waals surface area contributed by atoms with E-state index >= 15 is 0 Å². The van der Waals surface area contributed by atoms with E-state index in [1.54, 1.807) is 8.99 Å². The van der Waals surface area contributed by atoms with Gasteiger partial charge in [0.25, 0.3) is 0 Å². The third-order valence-corrected chi connectivity index (χ3v) is 7.26. The summed E-state index contributed by atoms with van der Waals surface area (Å²) in [4.78, 5) is 15.3. The van der Waals surface area contributed by atoms with Crippen LogP contribution in [0.2, 0.25) is 0 Å². The van der Waals surface area contributed by atoms with Crippen molar-refractivity contribution in [2.45, 2.75) is 38.1 Å². The molecule has 2 fully saturated rings.